The van der Waals surface area contributed by atoms with E-state index in [0.717, 1.165) is 5.56 Å². The SMILES string of the molecule is OCCCNc1nc(Nc2cccc(SC(F)(F)F)c2)cc(-c2cccnc2)n1. The van der Waals surface area contributed by atoms with Crippen molar-refractivity contribution in [2.24, 2.45) is 0 Å². The molecule has 3 N–H and O–H groups in total. The number of aromatic nitrogens is 3. The van der Waals surface area contributed by atoms with Gasteiger partial charge in [-0.1, -0.05) is 6.07 Å². The van der Waals surface area contributed by atoms with Crippen LogP contribution >= 0.6 is 11.8 Å². The van der Waals surface area contributed by atoms with Gasteiger partial charge in [0.05, 0.1) is 5.69 Å². The summed E-state index contributed by atoms with van der Waals surface area (Å²) in [4.78, 5) is 13.0. The number of nitrogens with one attached hydrogen (secondary N) is 2. The van der Waals surface area contributed by atoms with Crippen LogP contribution in [0.5, 0.6) is 0 Å². The first-order chi connectivity index (χ1) is 13.9. The number of hydrogen-bond donors (Lipinski definition) is 3. The third kappa shape index (κ3) is 6.61. The first-order valence-electron chi connectivity index (χ1n) is 8.70. The molecule has 2 heterocycles. The van der Waals surface area contributed by atoms with Crippen LogP contribution in [0.2, 0.25) is 0 Å². The van der Waals surface area contributed by atoms with E-state index in [1.165, 1.54) is 12.1 Å². The van der Waals surface area contributed by atoms with E-state index in [0.29, 0.717) is 36.1 Å². The minimum absolute atomic E-state index is 0.0318. The normalized spacial score (nSPS) is 11.3. The number of nitrogens with zero attached hydrogens (tertiary/aromatic N) is 3. The number of anilines is 3. The summed E-state index contributed by atoms with van der Waals surface area (Å²) in [6.45, 7) is 0.508. The van der Waals surface area contributed by atoms with Crippen molar-refractivity contribution in [2.75, 3.05) is 23.8 Å². The van der Waals surface area contributed by atoms with E-state index in [1.54, 1.807) is 36.7 Å². The first kappa shape index (κ1) is 20.9. The Morgan fingerprint density at radius 2 is 1.93 bits per heavy atom. The molecule has 0 fully saturated rings. The molecule has 29 heavy (non-hydrogen) atoms. The van der Waals surface area contributed by atoms with Crippen LogP contribution in [0.15, 0.2) is 59.8 Å². The average molecular weight is 421 g/mol. The second kappa shape index (κ2) is 9.57. The van der Waals surface area contributed by atoms with E-state index in [9.17, 15) is 13.2 Å². The lowest BCUT2D eigenvalue weighted by atomic mass is 10.2. The smallest absolute Gasteiger partial charge is 0.396 e. The Bertz CT molecular complexity index is 941. The van der Waals surface area contributed by atoms with Crippen LogP contribution in [0.3, 0.4) is 0 Å². The molecule has 2 aromatic heterocycles. The zero-order chi connectivity index (χ0) is 20.7. The van der Waals surface area contributed by atoms with Crippen molar-refractivity contribution in [1.29, 1.82) is 0 Å². The number of halogens is 3. The van der Waals surface area contributed by atoms with Gasteiger partial charge in [-0.2, -0.15) is 18.2 Å². The molecule has 1 aromatic carbocycles. The van der Waals surface area contributed by atoms with Gasteiger partial charge < -0.3 is 15.7 Å². The van der Waals surface area contributed by atoms with E-state index in [1.807, 2.05) is 6.07 Å². The molecule has 0 saturated heterocycles. The summed E-state index contributed by atoms with van der Waals surface area (Å²) in [6.07, 6.45) is 3.83. The third-order valence-electron chi connectivity index (χ3n) is 3.64. The number of pyridine rings is 1. The standard InChI is InChI=1S/C19H18F3N5OS/c20-19(21,22)29-15-6-1-5-14(10-15)25-17-11-16(13-4-2-7-23-12-13)26-18(27-17)24-8-3-9-28/h1-2,4-7,10-12,28H,3,8-9H2,(H2,24,25,26,27). The summed E-state index contributed by atoms with van der Waals surface area (Å²) in [7, 11) is 0. The van der Waals surface area contributed by atoms with Crippen LogP contribution in [0.25, 0.3) is 11.3 Å². The average Bonchev–Trinajstić information content (AvgIpc) is 2.68. The summed E-state index contributed by atoms with van der Waals surface area (Å²) >= 11 is -0.175. The summed E-state index contributed by atoms with van der Waals surface area (Å²) < 4.78 is 37.9. The van der Waals surface area contributed by atoms with Gasteiger partial charge in [-0.15, -0.1) is 0 Å². The lowest BCUT2D eigenvalue weighted by Gasteiger charge is -2.12. The molecule has 0 bridgehead atoms. The number of aliphatic hydroxyl groups excluding tert-OH is 1. The lowest BCUT2D eigenvalue weighted by molar-refractivity contribution is -0.0328. The van der Waals surface area contributed by atoms with Crippen LogP contribution < -0.4 is 10.6 Å². The van der Waals surface area contributed by atoms with Crippen LogP contribution in [0.4, 0.5) is 30.6 Å². The Hall–Kier alpha value is -2.85. The van der Waals surface area contributed by atoms with Gasteiger partial charge in [0.1, 0.15) is 5.82 Å². The molecule has 0 atom stereocenters. The highest BCUT2D eigenvalue weighted by atomic mass is 32.2. The number of hydrogen-bond acceptors (Lipinski definition) is 7. The van der Waals surface area contributed by atoms with Gasteiger partial charge in [0, 0.05) is 47.8 Å². The Labute approximate surface area is 169 Å². The molecule has 152 valence electrons. The van der Waals surface area contributed by atoms with Gasteiger partial charge in [0.15, 0.2) is 0 Å². The largest absolute Gasteiger partial charge is 0.446 e. The van der Waals surface area contributed by atoms with Crippen molar-refractivity contribution in [2.45, 2.75) is 16.8 Å². The molecule has 3 aromatic rings. The van der Waals surface area contributed by atoms with Gasteiger partial charge in [-0.25, -0.2) is 4.98 Å². The molecule has 0 aliphatic rings. The molecule has 0 spiro atoms. The second-order valence-corrected chi connectivity index (χ2v) is 7.05. The van der Waals surface area contributed by atoms with Gasteiger partial charge >= 0.3 is 5.51 Å². The Kier molecular flexibility index (Phi) is 6.89. The number of alkyl halides is 3. The molecule has 0 amide bonds. The van der Waals surface area contributed by atoms with E-state index >= 15 is 0 Å². The van der Waals surface area contributed by atoms with Crippen molar-refractivity contribution in [3.05, 3.63) is 54.9 Å². The fourth-order valence-electron chi connectivity index (χ4n) is 2.45. The fourth-order valence-corrected chi connectivity index (χ4v) is 3.05. The molecular formula is C19H18F3N5OS. The highest BCUT2D eigenvalue weighted by Crippen LogP contribution is 2.37. The van der Waals surface area contributed by atoms with Crippen LogP contribution in [-0.2, 0) is 0 Å². The van der Waals surface area contributed by atoms with E-state index in [2.05, 4.69) is 25.6 Å². The molecule has 0 radical (unpaired) electrons. The highest BCUT2D eigenvalue weighted by Gasteiger charge is 2.29. The fraction of sp³-hybridized carbons (Fsp3) is 0.211. The minimum atomic E-state index is -4.36. The van der Waals surface area contributed by atoms with Gasteiger partial charge in [0.2, 0.25) is 5.95 Å². The minimum Gasteiger partial charge on any atom is -0.396 e. The maximum absolute atomic E-state index is 12.6. The molecule has 0 aliphatic heterocycles. The molecular weight excluding hydrogens is 403 g/mol. The molecule has 6 nitrogen and oxygen atoms in total. The van der Waals surface area contributed by atoms with Crippen molar-refractivity contribution in [1.82, 2.24) is 15.0 Å². The van der Waals surface area contributed by atoms with Crippen LogP contribution in [0.1, 0.15) is 6.42 Å². The maximum atomic E-state index is 12.6. The second-order valence-electron chi connectivity index (χ2n) is 5.91. The molecule has 0 saturated carbocycles. The van der Waals surface area contributed by atoms with E-state index in [-0.39, 0.29) is 23.3 Å². The number of aliphatic hydroxyl groups is 1. The topological polar surface area (TPSA) is 83.0 Å². The number of benzene rings is 1. The zero-order valence-electron chi connectivity index (χ0n) is 15.1. The summed E-state index contributed by atoms with van der Waals surface area (Å²) in [5, 5.41) is 15.0. The van der Waals surface area contributed by atoms with Crippen molar-refractivity contribution in [3.8, 4) is 11.3 Å². The van der Waals surface area contributed by atoms with Gasteiger partial charge in [-0.05, 0) is 48.5 Å². The quantitative estimate of drug-likeness (QED) is 0.360. The predicted octanol–water partition coefficient (Wildman–Crippen LogP) is 4.69. The van der Waals surface area contributed by atoms with E-state index in [4.69, 9.17) is 5.11 Å². The molecule has 0 unspecified atom stereocenters. The number of rotatable bonds is 8. The Morgan fingerprint density at radius 3 is 2.66 bits per heavy atom. The number of thioether (sulfide) groups is 1. The highest BCUT2D eigenvalue weighted by molar-refractivity contribution is 8.00. The summed E-state index contributed by atoms with van der Waals surface area (Å²) in [6, 6.07) is 11.3. The molecule has 10 heteroatoms. The van der Waals surface area contributed by atoms with Crippen molar-refractivity contribution >= 4 is 29.2 Å². The summed E-state index contributed by atoms with van der Waals surface area (Å²) in [5.74, 6) is 0.752. The van der Waals surface area contributed by atoms with Crippen LogP contribution in [-0.4, -0.2) is 38.7 Å². The van der Waals surface area contributed by atoms with Crippen LogP contribution in [0, 0.1) is 0 Å². The lowest BCUT2D eigenvalue weighted by Crippen LogP contribution is -2.08. The molecule has 3 rings (SSSR count). The van der Waals surface area contributed by atoms with Crippen molar-refractivity contribution < 1.29 is 18.3 Å². The van der Waals surface area contributed by atoms with Gasteiger partial charge in [-0.3, -0.25) is 4.98 Å². The van der Waals surface area contributed by atoms with Crippen molar-refractivity contribution in [3.63, 3.8) is 0 Å². The van der Waals surface area contributed by atoms with E-state index < -0.39 is 5.51 Å². The van der Waals surface area contributed by atoms with Gasteiger partial charge in [0.25, 0.3) is 0 Å². The predicted molar refractivity (Wildman–Crippen MR) is 107 cm³/mol. The molecule has 0 aliphatic carbocycles. The maximum Gasteiger partial charge on any atom is 0.446 e. The zero-order valence-corrected chi connectivity index (χ0v) is 16.0. The third-order valence-corrected chi connectivity index (χ3v) is 4.36. The first-order valence-corrected chi connectivity index (χ1v) is 9.52. The monoisotopic (exact) mass is 421 g/mol. The Morgan fingerprint density at radius 1 is 1.07 bits per heavy atom. The summed E-state index contributed by atoms with van der Waals surface area (Å²) in [5.41, 5.74) is -2.52. The Balaban J connectivity index is 1.87.